The molecule has 0 heterocycles. The second-order valence-corrected chi connectivity index (χ2v) is 6.40. The van der Waals surface area contributed by atoms with Crippen molar-refractivity contribution in [1.82, 2.24) is 10.2 Å². The van der Waals surface area contributed by atoms with E-state index >= 15 is 0 Å². The second-order valence-electron chi connectivity index (χ2n) is 6.40. The number of hydrogen-bond donors (Lipinski definition) is 1. The van der Waals surface area contributed by atoms with E-state index in [1.54, 1.807) is 6.07 Å². The molecule has 1 N–H and O–H groups in total. The van der Waals surface area contributed by atoms with Crippen molar-refractivity contribution in [1.29, 1.82) is 0 Å². The first-order valence-corrected chi connectivity index (χ1v) is 7.93. The van der Waals surface area contributed by atoms with E-state index in [-0.39, 0.29) is 5.82 Å². The van der Waals surface area contributed by atoms with Gasteiger partial charge in [-0.15, -0.1) is 6.58 Å². The van der Waals surface area contributed by atoms with E-state index in [1.165, 1.54) is 12.8 Å². The van der Waals surface area contributed by atoms with Gasteiger partial charge in [0.05, 0.1) is 0 Å². The molecule has 21 heavy (non-hydrogen) atoms. The summed E-state index contributed by atoms with van der Waals surface area (Å²) in [6, 6.07) is 6.09. The Labute approximate surface area is 128 Å². The molecule has 0 spiro atoms. The van der Waals surface area contributed by atoms with Gasteiger partial charge in [-0.2, -0.15) is 0 Å². The Morgan fingerprint density at radius 3 is 2.81 bits per heavy atom. The topological polar surface area (TPSA) is 15.3 Å². The summed E-state index contributed by atoms with van der Waals surface area (Å²) in [5.74, 6) is 0.528. The van der Waals surface area contributed by atoms with Crippen molar-refractivity contribution in [2.75, 3.05) is 13.1 Å². The van der Waals surface area contributed by atoms with Gasteiger partial charge in [0, 0.05) is 31.2 Å². The van der Waals surface area contributed by atoms with Crippen molar-refractivity contribution in [2.24, 2.45) is 5.92 Å². The predicted molar refractivity (Wildman–Crippen MR) is 86.6 cm³/mol. The highest BCUT2D eigenvalue weighted by Crippen LogP contribution is 2.28. The van der Waals surface area contributed by atoms with Gasteiger partial charge >= 0.3 is 0 Å². The summed E-state index contributed by atoms with van der Waals surface area (Å²) >= 11 is 0. The van der Waals surface area contributed by atoms with Crippen LogP contribution in [0.4, 0.5) is 4.39 Å². The van der Waals surface area contributed by atoms with Gasteiger partial charge in [-0.25, -0.2) is 4.39 Å². The van der Waals surface area contributed by atoms with Crippen LogP contribution in [0, 0.1) is 11.7 Å². The monoisotopic (exact) mass is 290 g/mol. The fourth-order valence-corrected chi connectivity index (χ4v) is 2.53. The average molecular weight is 290 g/mol. The summed E-state index contributed by atoms with van der Waals surface area (Å²) in [7, 11) is 0. The third-order valence-corrected chi connectivity index (χ3v) is 3.79. The Hall–Kier alpha value is -1.19. The number of benzene rings is 1. The number of nitrogens with one attached hydrogen (secondary N) is 1. The summed E-state index contributed by atoms with van der Waals surface area (Å²) < 4.78 is 14.0. The molecule has 0 saturated heterocycles. The van der Waals surface area contributed by atoms with E-state index in [2.05, 4.69) is 30.6 Å². The van der Waals surface area contributed by atoms with Gasteiger partial charge in [0.25, 0.3) is 0 Å². The third-order valence-electron chi connectivity index (χ3n) is 3.79. The van der Waals surface area contributed by atoms with Crippen molar-refractivity contribution in [3.63, 3.8) is 0 Å². The zero-order chi connectivity index (χ0) is 15.2. The van der Waals surface area contributed by atoms with Crippen LogP contribution in [0.5, 0.6) is 0 Å². The predicted octanol–water partition coefficient (Wildman–Crippen LogP) is 3.72. The summed E-state index contributed by atoms with van der Waals surface area (Å²) in [6.07, 6.45) is 4.36. The third kappa shape index (κ3) is 5.25. The Morgan fingerprint density at radius 2 is 2.19 bits per heavy atom. The van der Waals surface area contributed by atoms with Gasteiger partial charge in [0.2, 0.25) is 0 Å². The molecule has 0 unspecified atom stereocenters. The van der Waals surface area contributed by atoms with Gasteiger partial charge in [-0.1, -0.05) is 32.1 Å². The molecule has 1 aromatic rings. The summed E-state index contributed by atoms with van der Waals surface area (Å²) in [4.78, 5) is 2.32. The lowest BCUT2D eigenvalue weighted by Gasteiger charge is -2.21. The van der Waals surface area contributed by atoms with Crippen LogP contribution in [0.2, 0.25) is 0 Å². The zero-order valence-electron chi connectivity index (χ0n) is 13.2. The van der Waals surface area contributed by atoms with E-state index in [9.17, 15) is 4.39 Å². The molecule has 1 aliphatic carbocycles. The number of halogens is 1. The smallest absolute Gasteiger partial charge is 0.127 e. The summed E-state index contributed by atoms with van der Waals surface area (Å²) in [5.41, 5.74) is 1.95. The molecule has 0 bridgehead atoms. The minimum Gasteiger partial charge on any atom is -0.312 e. The molecule has 1 aliphatic rings. The molecule has 0 amide bonds. The first-order chi connectivity index (χ1) is 10.1. The van der Waals surface area contributed by atoms with E-state index < -0.39 is 0 Å². The van der Waals surface area contributed by atoms with Crippen LogP contribution in [0.15, 0.2) is 30.9 Å². The minimum atomic E-state index is -0.0997. The van der Waals surface area contributed by atoms with Crippen molar-refractivity contribution in [3.8, 4) is 0 Å². The Balaban J connectivity index is 1.98. The average Bonchev–Trinajstić information content (AvgIpc) is 3.25. The van der Waals surface area contributed by atoms with Gasteiger partial charge in [0.1, 0.15) is 5.82 Å². The van der Waals surface area contributed by atoms with Gasteiger partial charge in [0.15, 0.2) is 0 Å². The maximum absolute atomic E-state index is 14.0. The highest BCUT2D eigenvalue weighted by atomic mass is 19.1. The van der Waals surface area contributed by atoms with Gasteiger partial charge < -0.3 is 5.32 Å². The molecule has 0 radical (unpaired) electrons. The molecule has 3 heteroatoms. The quantitative estimate of drug-likeness (QED) is 0.697. The molecule has 2 rings (SSSR count). The molecule has 1 fully saturated rings. The molecule has 2 nitrogen and oxygen atoms in total. The Bertz CT molecular complexity index is 466. The lowest BCUT2D eigenvalue weighted by molar-refractivity contribution is 0.279. The van der Waals surface area contributed by atoms with Crippen molar-refractivity contribution >= 4 is 0 Å². The van der Waals surface area contributed by atoms with Crippen molar-refractivity contribution in [2.45, 2.75) is 45.8 Å². The number of hydrogen-bond acceptors (Lipinski definition) is 2. The summed E-state index contributed by atoms with van der Waals surface area (Å²) in [6.45, 7) is 11.5. The van der Waals surface area contributed by atoms with Gasteiger partial charge in [-0.3, -0.25) is 4.90 Å². The Morgan fingerprint density at radius 1 is 1.43 bits per heavy atom. The molecular weight excluding hydrogens is 263 g/mol. The molecule has 0 aromatic heterocycles. The zero-order valence-corrected chi connectivity index (χ0v) is 13.2. The van der Waals surface area contributed by atoms with E-state index in [0.29, 0.717) is 18.5 Å². The molecule has 116 valence electrons. The lowest BCUT2D eigenvalue weighted by atomic mass is 10.1. The van der Waals surface area contributed by atoms with E-state index in [4.69, 9.17) is 0 Å². The second kappa shape index (κ2) is 7.71. The number of rotatable bonds is 9. The largest absolute Gasteiger partial charge is 0.312 e. The fraction of sp³-hybridized carbons (Fsp3) is 0.556. The maximum Gasteiger partial charge on any atom is 0.127 e. The highest BCUT2D eigenvalue weighted by molar-refractivity contribution is 5.25. The van der Waals surface area contributed by atoms with E-state index in [1.807, 2.05) is 18.2 Å². The van der Waals surface area contributed by atoms with Crippen LogP contribution in [0.3, 0.4) is 0 Å². The van der Waals surface area contributed by atoms with Crippen molar-refractivity contribution in [3.05, 3.63) is 47.8 Å². The standard InChI is InChI=1S/C18H27FN2/c1-4-9-21(17-6-7-17)13-16-10-15(5-8-18(16)19)12-20-11-14(2)3/h4-5,8,10,14,17,20H,1,6-7,9,11-13H2,2-3H3. The van der Waals surface area contributed by atoms with Gasteiger partial charge in [-0.05, 0) is 36.9 Å². The SMILES string of the molecule is C=CCN(Cc1cc(CNCC(C)C)ccc1F)C1CC1. The fourth-order valence-electron chi connectivity index (χ4n) is 2.53. The first kappa shape index (κ1) is 16.2. The number of nitrogens with zero attached hydrogens (tertiary/aromatic N) is 1. The molecule has 0 aliphatic heterocycles. The highest BCUT2D eigenvalue weighted by Gasteiger charge is 2.28. The molecular formula is C18H27FN2. The Kier molecular flexibility index (Phi) is 5.95. The van der Waals surface area contributed by atoms with Crippen LogP contribution in [-0.4, -0.2) is 24.0 Å². The minimum absolute atomic E-state index is 0.0997. The van der Waals surface area contributed by atoms with Crippen LogP contribution >= 0.6 is 0 Å². The van der Waals surface area contributed by atoms with Crippen molar-refractivity contribution < 1.29 is 4.39 Å². The summed E-state index contributed by atoms with van der Waals surface area (Å²) in [5, 5.41) is 3.41. The molecule has 0 atom stereocenters. The molecule has 1 saturated carbocycles. The van der Waals surface area contributed by atoms with Crippen LogP contribution < -0.4 is 5.32 Å². The van der Waals surface area contributed by atoms with Crippen LogP contribution in [-0.2, 0) is 13.1 Å². The first-order valence-electron chi connectivity index (χ1n) is 7.93. The van der Waals surface area contributed by atoms with Crippen LogP contribution in [0.1, 0.15) is 37.8 Å². The van der Waals surface area contributed by atoms with Crippen LogP contribution in [0.25, 0.3) is 0 Å². The lowest BCUT2D eigenvalue weighted by Crippen LogP contribution is -2.26. The van der Waals surface area contributed by atoms with E-state index in [0.717, 1.165) is 30.8 Å². The maximum atomic E-state index is 14.0. The molecule has 1 aromatic carbocycles. The normalized spacial score (nSPS) is 14.9.